The summed E-state index contributed by atoms with van der Waals surface area (Å²) in [5.41, 5.74) is 19.6. The van der Waals surface area contributed by atoms with E-state index >= 15 is 0 Å². The molecular weight excluding hydrogens is 515 g/mol. The number of rotatable bonds is 4. The van der Waals surface area contributed by atoms with Crippen molar-refractivity contribution in [3.63, 3.8) is 0 Å². The summed E-state index contributed by atoms with van der Waals surface area (Å²) in [4.78, 5) is 39.8. The molecule has 11 nitrogen and oxygen atoms in total. The standard InChI is InChI=1S/2C2H8N2.C2H8O7P2.2Pd/c2*3-1-2-4;1-2(3,10(4,5)6)11(7,8)9;;/h2*1-4H2;3H,1H3,(H2,4,5,6)(H2,7,8,9);;/q;;;2*+2/p-4. The first-order valence-corrected chi connectivity index (χ1v) is 7.98. The quantitative estimate of drug-likeness (QED) is 0.168. The molecule has 0 aromatic heterocycles. The van der Waals surface area contributed by atoms with Crippen LogP contribution in [0.3, 0.4) is 0 Å². The van der Waals surface area contributed by atoms with Gasteiger partial charge in [0.25, 0.3) is 0 Å². The van der Waals surface area contributed by atoms with Crippen LogP contribution in [-0.4, -0.2) is 36.4 Å². The molecule has 0 unspecified atom stereocenters. The molecule has 0 rings (SSSR count). The number of aliphatic hydroxyl groups is 1. The van der Waals surface area contributed by atoms with E-state index in [1.165, 1.54) is 0 Å². The maximum absolute atomic E-state index is 9.95. The fraction of sp³-hybridized carbons (Fsp3) is 1.00. The smallest absolute Gasteiger partial charge is 0.808 e. The molecule has 0 aliphatic rings. The van der Waals surface area contributed by atoms with Crippen LogP contribution in [0.25, 0.3) is 0 Å². The average Bonchev–Trinajstić information content (AvgIpc) is 2.27. The fourth-order valence-electron chi connectivity index (χ4n) is 0.150. The molecule has 0 atom stereocenters. The van der Waals surface area contributed by atoms with Crippen molar-refractivity contribution in [1.82, 2.24) is 0 Å². The molecule has 0 heterocycles. The van der Waals surface area contributed by atoms with Crippen LogP contribution < -0.4 is 42.5 Å². The Hall–Kier alpha value is 1.42. The molecule has 0 amide bonds. The van der Waals surface area contributed by atoms with Gasteiger partial charge in [-0.15, -0.1) is 0 Å². The molecule has 0 fully saturated rings. The third kappa shape index (κ3) is 17.6. The maximum Gasteiger partial charge on any atom is 2.00 e. The van der Waals surface area contributed by atoms with Gasteiger partial charge in [-0.25, -0.2) is 0 Å². The zero-order chi connectivity index (χ0) is 16.3. The van der Waals surface area contributed by atoms with Gasteiger partial charge in [0.15, 0.2) is 0 Å². The Kier molecular flexibility index (Phi) is 26.3. The molecule has 0 saturated heterocycles. The molecule has 9 N–H and O–H groups in total. The van der Waals surface area contributed by atoms with E-state index < -0.39 is 20.3 Å². The topological polar surface area (TPSA) is 251 Å². The summed E-state index contributed by atoms with van der Waals surface area (Å²) in [6.07, 6.45) is 0. The van der Waals surface area contributed by atoms with Crippen LogP contribution in [0.1, 0.15) is 6.92 Å². The van der Waals surface area contributed by atoms with Gasteiger partial charge in [0.1, 0.15) is 5.08 Å². The van der Waals surface area contributed by atoms with Crippen molar-refractivity contribution < 1.29 is 74.7 Å². The van der Waals surface area contributed by atoms with Crippen molar-refractivity contribution in [1.29, 1.82) is 0 Å². The molecule has 0 aliphatic carbocycles. The SMILES string of the molecule is CC(O)(P(=O)([O-])[O-])P(=O)([O-])[O-].NCCN.NCCN.[Pd+2].[Pd+2]. The van der Waals surface area contributed by atoms with Crippen LogP contribution in [-0.2, 0) is 50.0 Å². The Morgan fingerprint density at radius 1 is 0.810 bits per heavy atom. The largest absolute Gasteiger partial charge is 2.00 e. The van der Waals surface area contributed by atoms with Crippen molar-refractivity contribution in [2.75, 3.05) is 26.2 Å². The Bertz CT molecular complexity index is 279. The molecule has 0 aromatic carbocycles. The summed E-state index contributed by atoms with van der Waals surface area (Å²) in [6.45, 7) is 2.52. The van der Waals surface area contributed by atoms with Crippen LogP contribution in [0.15, 0.2) is 0 Å². The second-order valence-electron chi connectivity index (χ2n) is 3.12. The molecule has 0 bridgehead atoms. The van der Waals surface area contributed by atoms with E-state index in [0.717, 1.165) is 0 Å². The zero-order valence-corrected chi connectivity index (χ0v) is 16.0. The average molecular weight is 535 g/mol. The van der Waals surface area contributed by atoms with Gasteiger partial charge in [-0.1, -0.05) is 0 Å². The van der Waals surface area contributed by atoms with Gasteiger partial charge < -0.3 is 56.7 Å². The van der Waals surface area contributed by atoms with Crippen molar-refractivity contribution in [3.05, 3.63) is 0 Å². The summed E-state index contributed by atoms with van der Waals surface area (Å²) < 4.78 is 19.9. The maximum atomic E-state index is 9.95. The minimum atomic E-state index is -5.82. The van der Waals surface area contributed by atoms with Gasteiger partial charge in [0, 0.05) is 26.2 Å². The van der Waals surface area contributed by atoms with E-state index in [0.29, 0.717) is 26.2 Å². The number of nitrogens with two attached hydrogens (primary N) is 4. The van der Waals surface area contributed by atoms with Gasteiger partial charge >= 0.3 is 40.8 Å². The summed E-state index contributed by atoms with van der Waals surface area (Å²) in [6, 6.07) is 0. The Morgan fingerprint density at radius 2 is 0.952 bits per heavy atom. The van der Waals surface area contributed by atoms with Gasteiger partial charge in [-0.05, 0) is 22.1 Å². The van der Waals surface area contributed by atoms with E-state index in [4.69, 9.17) is 28.0 Å². The zero-order valence-electron chi connectivity index (χ0n) is 11.1. The number of hydrogen-bond acceptors (Lipinski definition) is 11. The van der Waals surface area contributed by atoms with E-state index in [1.807, 2.05) is 0 Å². The summed E-state index contributed by atoms with van der Waals surface area (Å²) in [5.74, 6) is 0. The van der Waals surface area contributed by atoms with E-state index in [-0.39, 0.29) is 47.8 Å². The summed E-state index contributed by atoms with van der Waals surface area (Å²) in [7, 11) is -11.6. The van der Waals surface area contributed by atoms with Crippen molar-refractivity contribution in [2.45, 2.75) is 12.0 Å². The molecule has 15 heteroatoms. The Morgan fingerprint density at radius 3 is 0.952 bits per heavy atom. The van der Waals surface area contributed by atoms with Gasteiger partial charge in [-0.2, -0.15) is 0 Å². The Balaban J connectivity index is -0.0000000722. The Labute approximate surface area is 150 Å². The van der Waals surface area contributed by atoms with Crippen molar-refractivity contribution in [3.8, 4) is 0 Å². The van der Waals surface area contributed by atoms with E-state index in [1.54, 1.807) is 0 Å². The van der Waals surface area contributed by atoms with Crippen LogP contribution in [0.5, 0.6) is 0 Å². The molecule has 0 aliphatic heterocycles. The van der Waals surface area contributed by atoms with Gasteiger partial charge in [0.2, 0.25) is 0 Å². The second kappa shape index (κ2) is 16.3. The van der Waals surface area contributed by atoms with Gasteiger partial charge in [0.05, 0.1) is 0 Å². The predicted molar refractivity (Wildman–Crippen MR) is 62.1 cm³/mol. The monoisotopic (exact) mass is 534 g/mol. The summed E-state index contributed by atoms with van der Waals surface area (Å²) >= 11 is 0. The molecule has 0 saturated carbocycles. The van der Waals surface area contributed by atoms with Crippen molar-refractivity contribution >= 4 is 15.2 Å². The van der Waals surface area contributed by atoms with Crippen LogP contribution in [0.2, 0.25) is 0 Å². The third-order valence-electron chi connectivity index (χ3n) is 1.37. The van der Waals surface area contributed by atoms with Crippen LogP contribution in [0.4, 0.5) is 0 Å². The minimum absolute atomic E-state index is 0. The first-order valence-electron chi connectivity index (χ1n) is 4.90. The van der Waals surface area contributed by atoms with Crippen LogP contribution >= 0.6 is 15.2 Å². The molecule has 21 heavy (non-hydrogen) atoms. The van der Waals surface area contributed by atoms with E-state index in [2.05, 4.69) is 0 Å². The number of hydrogen-bond donors (Lipinski definition) is 5. The fourth-order valence-corrected chi connectivity index (χ4v) is 1.35. The summed E-state index contributed by atoms with van der Waals surface area (Å²) in [5, 5.41) is 4.68. The molecule has 0 aromatic rings. The molecule has 136 valence electrons. The molecule has 0 radical (unpaired) electrons. The van der Waals surface area contributed by atoms with Crippen LogP contribution in [0, 0.1) is 0 Å². The van der Waals surface area contributed by atoms with E-state index in [9.17, 15) is 28.7 Å². The van der Waals surface area contributed by atoms with Gasteiger partial charge in [-0.3, -0.25) is 0 Å². The molecular formula is C6H20N4O7P2Pd2. The predicted octanol–water partition coefficient (Wildman–Crippen LogP) is -5.72. The van der Waals surface area contributed by atoms with Crippen molar-refractivity contribution in [2.24, 2.45) is 22.9 Å². The second-order valence-corrected chi connectivity index (χ2v) is 7.20. The normalized spacial score (nSPS) is 10.8. The first kappa shape index (κ1) is 33.9. The molecule has 0 spiro atoms. The minimum Gasteiger partial charge on any atom is -0.808 e. The first-order chi connectivity index (χ1) is 8.33. The third-order valence-corrected chi connectivity index (χ3v) is 4.92.